The first kappa shape index (κ1) is 14.1. The van der Waals surface area contributed by atoms with Crippen molar-refractivity contribution in [3.8, 4) is 6.07 Å². The highest BCUT2D eigenvalue weighted by molar-refractivity contribution is 5.20. The highest BCUT2D eigenvalue weighted by Crippen LogP contribution is 2.31. The molecule has 0 amide bonds. The van der Waals surface area contributed by atoms with Gasteiger partial charge in [-0.25, -0.2) is 0 Å². The topological polar surface area (TPSA) is 27.0 Å². The first-order valence-corrected chi connectivity index (χ1v) is 7.54. The van der Waals surface area contributed by atoms with Crippen LogP contribution in [0.2, 0.25) is 0 Å². The van der Waals surface area contributed by atoms with Gasteiger partial charge in [0.15, 0.2) is 0 Å². The van der Waals surface area contributed by atoms with E-state index in [1.807, 2.05) is 6.07 Å². The Bertz CT molecular complexity index is 401. The van der Waals surface area contributed by atoms with Crippen molar-refractivity contribution in [2.24, 2.45) is 0 Å². The molecule has 1 atom stereocenters. The maximum absolute atomic E-state index is 9.16. The van der Waals surface area contributed by atoms with Crippen LogP contribution in [0.25, 0.3) is 0 Å². The van der Waals surface area contributed by atoms with Crippen molar-refractivity contribution in [1.82, 2.24) is 4.90 Å². The number of nitriles is 1. The summed E-state index contributed by atoms with van der Waals surface area (Å²) in [6.07, 6.45) is 7.24. The van der Waals surface area contributed by atoms with Gasteiger partial charge in [0.05, 0.1) is 12.5 Å². The molecule has 0 N–H and O–H groups in total. The Morgan fingerprint density at radius 3 is 2.47 bits per heavy atom. The number of rotatable bonds is 5. The summed E-state index contributed by atoms with van der Waals surface area (Å²) in [5, 5.41) is 9.16. The zero-order valence-corrected chi connectivity index (χ0v) is 11.9. The molecule has 1 unspecified atom stereocenters. The lowest BCUT2D eigenvalue weighted by atomic mass is 9.91. The van der Waals surface area contributed by atoms with Gasteiger partial charge >= 0.3 is 0 Å². The van der Waals surface area contributed by atoms with Gasteiger partial charge in [-0.1, -0.05) is 56.5 Å². The van der Waals surface area contributed by atoms with Gasteiger partial charge in [-0.15, -0.1) is 0 Å². The molecule has 0 spiro atoms. The van der Waals surface area contributed by atoms with E-state index in [4.69, 9.17) is 5.26 Å². The number of hydrogen-bond acceptors (Lipinski definition) is 2. The third kappa shape index (κ3) is 3.58. The van der Waals surface area contributed by atoms with Gasteiger partial charge in [-0.2, -0.15) is 5.26 Å². The second-order valence-electron chi connectivity index (χ2n) is 5.41. The lowest BCUT2D eigenvalue weighted by molar-refractivity contribution is 0.112. The summed E-state index contributed by atoms with van der Waals surface area (Å²) in [4.78, 5) is 2.55. The highest BCUT2D eigenvalue weighted by Gasteiger charge is 2.27. The van der Waals surface area contributed by atoms with Gasteiger partial charge in [-0.05, 0) is 24.9 Å². The van der Waals surface area contributed by atoms with Crippen molar-refractivity contribution in [1.29, 1.82) is 5.26 Å². The fourth-order valence-corrected chi connectivity index (χ4v) is 3.33. The quantitative estimate of drug-likeness (QED) is 0.785. The molecule has 0 saturated heterocycles. The van der Waals surface area contributed by atoms with Crippen LogP contribution in [-0.2, 0) is 0 Å². The monoisotopic (exact) mass is 256 g/mol. The summed E-state index contributed by atoms with van der Waals surface area (Å²) in [7, 11) is 0. The number of benzene rings is 1. The Morgan fingerprint density at radius 2 is 1.89 bits per heavy atom. The molecule has 2 rings (SSSR count). The minimum absolute atomic E-state index is 0.263. The molecule has 19 heavy (non-hydrogen) atoms. The average molecular weight is 256 g/mol. The molecule has 1 saturated carbocycles. The van der Waals surface area contributed by atoms with Gasteiger partial charge in [0.25, 0.3) is 0 Å². The van der Waals surface area contributed by atoms with E-state index >= 15 is 0 Å². The molecule has 0 bridgehead atoms. The maximum Gasteiger partial charge on any atom is 0.0641 e. The molecule has 2 heteroatoms. The molecule has 1 aromatic carbocycles. The Balaban J connectivity index is 2.18. The van der Waals surface area contributed by atoms with E-state index in [1.54, 1.807) is 0 Å². The zero-order valence-electron chi connectivity index (χ0n) is 11.9. The molecular formula is C17H24N2. The summed E-state index contributed by atoms with van der Waals surface area (Å²) in [6.45, 7) is 3.26. The predicted octanol–water partition coefficient (Wildman–Crippen LogP) is 4.30. The van der Waals surface area contributed by atoms with E-state index in [1.165, 1.54) is 37.7 Å². The molecule has 0 aromatic heterocycles. The molecular weight excluding hydrogens is 232 g/mol. The fourth-order valence-electron chi connectivity index (χ4n) is 3.33. The molecule has 1 aliphatic carbocycles. The summed E-state index contributed by atoms with van der Waals surface area (Å²) < 4.78 is 0. The lowest BCUT2D eigenvalue weighted by Gasteiger charge is -2.38. The summed E-state index contributed by atoms with van der Waals surface area (Å²) in [5.74, 6) is 0. The van der Waals surface area contributed by atoms with Crippen LogP contribution in [0, 0.1) is 11.3 Å². The van der Waals surface area contributed by atoms with Crippen molar-refractivity contribution < 1.29 is 0 Å². The van der Waals surface area contributed by atoms with Crippen LogP contribution in [0.5, 0.6) is 0 Å². The molecule has 1 aromatic rings. The summed E-state index contributed by atoms with van der Waals surface area (Å²) in [6, 6.07) is 13.8. The van der Waals surface area contributed by atoms with Crippen molar-refractivity contribution in [3.05, 3.63) is 35.9 Å². The number of nitrogens with zero attached hydrogens (tertiary/aromatic N) is 2. The lowest BCUT2D eigenvalue weighted by Crippen LogP contribution is -2.39. The SMILES string of the molecule is CCN(C1CCCCC1)C(CC#N)c1ccccc1. The van der Waals surface area contributed by atoms with Gasteiger partial charge in [0.2, 0.25) is 0 Å². The smallest absolute Gasteiger partial charge is 0.0641 e. The largest absolute Gasteiger partial charge is 0.293 e. The normalized spacial score (nSPS) is 18.2. The van der Waals surface area contributed by atoms with Gasteiger partial charge in [0, 0.05) is 12.1 Å². The molecule has 1 aliphatic rings. The van der Waals surface area contributed by atoms with Crippen LogP contribution >= 0.6 is 0 Å². The van der Waals surface area contributed by atoms with E-state index < -0.39 is 0 Å². The van der Waals surface area contributed by atoms with Crippen LogP contribution in [0.4, 0.5) is 0 Å². The van der Waals surface area contributed by atoms with Gasteiger partial charge in [-0.3, -0.25) is 4.90 Å². The van der Waals surface area contributed by atoms with Crippen molar-refractivity contribution in [3.63, 3.8) is 0 Å². The van der Waals surface area contributed by atoms with E-state index in [-0.39, 0.29) is 6.04 Å². The predicted molar refractivity (Wildman–Crippen MR) is 78.7 cm³/mol. The average Bonchev–Trinajstić information content (AvgIpc) is 2.49. The highest BCUT2D eigenvalue weighted by atomic mass is 15.2. The first-order chi connectivity index (χ1) is 9.36. The Kier molecular flexibility index (Phi) is 5.42. The third-order valence-corrected chi connectivity index (χ3v) is 4.28. The van der Waals surface area contributed by atoms with Gasteiger partial charge < -0.3 is 0 Å². The molecule has 102 valence electrons. The van der Waals surface area contributed by atoms with Crippen LogP contribution in [-0.4, -0.2) is 17.5 Å². The van der Waals surface area contributed by atoms with Crippen LogP contribution in [0.1, 0.15) is 57.1 Å². The first-order valence-electron chi connectivity index (χ1n) is 7.54. The maximum atomic E-state index is 9.16. The van der Waals surface area contributed by atoms with Crippen LogP contribution in [0.15, 0.2) is 30.3 Å². The van der Waals surface area contributed by atoms with Crippen molar-refractivity contribution >= 4 is 0 Å². The zero-order chi connectivity index (χ0) is 13.5. The number of hydrogen-bond donors (Lipinski definition) is 0. The molecule has 0 heterocycles. The minimum atomic E-state index is 0.263. The molecule has 2 nitrogen and oxygen atoms in total. The van der Waals surface area contributed by atoms with Crippen molar-refractivity contribution in [2.45, 2.75) is 57.5 Å². The van der Waals surface area contributed by atoms with E-state index in [0.717, 1.165) is 6.54 Å². The molecule has 0 radical (unpaired) electrons. The standard InChI is InChI=1S/C17H24N2/c1-2-19(16-11-7-4-8-12-16)17(13-14-18)15-9-5-3-6-10-15/h3,5-6,9-10,16-17H,2,4,7-8,11-13H2,1H3. The van der Waals surface area contributed by atoms with E-state index in [0.29, 0.717) is 12.5 Å². The Morgan fingerprint density at radius 1 is 1.21 bits per heavy atom. The van der Waals surface area contributed by atoms with Crippen molar-refractivity contribution in [2.75, 3.05) is 6.54 Å². The van der Waals surface area contributed by atoms with Crippen LogP contribution < -0.4 is 0 Å². The Hall–Kier alpha value is -1.33. The minimum Gasteiger partial charge on any atom is -0.293 e. The summed E-state index contributed by atoms with van der Waals surface area (Å²) >= 11 is 0. The fraction of sp³-hybridized carbons (Fsp3) is 0.588. The Labute approximate surface area is 117 Å². The second kappa shape index (κ2) is 7.31. The molecule has 1 fully saturated rings. The molecule has 0 aliphatic heterocycles. The van der Waals surface area contributed by atoms with Crippen LogP contribution in [0.3, 0.4) is 0 Å². The summed E-state index contributed by atoms with van der Waals surface area (Å²) in [5.41, 5.74) is 1.29. The van der Waals surface area contributed by atoms with E-state index in [2.05, 4.69) is 42.2 Å². The van der Waals surface area contributed by atoms with Gasteiger partial charge in [0.1, 0.15) is 0 Å². The van der Waals surface area contributed by atoms with E-state index in [9.17, 15) is 0 Å². The second-order valence-corrected chi connectivity index (χ2v) is 5.41. The third-order valence-electron chi connectivity index (χ3n) is 4.28.